The summed E-state index contributed by atoms with van der Waals surface area (Å²) in [6, 6.07) is 0. The molecule has 4 rings (SSSR count). The van der Waals surface area contributed by atoms with E-state index in [1.807, 2.05) is 13.0 Å². The van der Waals surface area contributed by atoms with E-state index >= 15 is 0 Å². The molecule has 3 aromatic heterocycles. The second-order valence-corrected chi connectivity index (χ2v) is 9.99. The molecule has 3 N–H and O–H groups in total. The van der Waals surface area contributed by atoms with E-state index in [0.717, 1.165) is 75.3 Å². The van der Waals surface area contributed by atoms with Gasteiger partial charge in [-0.2, -0.15) is 0 Å². The second kappa shape index (κ2) is 10.4. The zero-order valence-electron chi connectivity index (χ0n) is 23.6. The quantitative estimate of drug-likeness (QED) is 0.457. The van der Waals surface area contributed by atoms with Crippen LogP contribution in [0.5, 0.6) is 0 Å². The lowest BCUT2D eigenvalue weighted by molar-refractivity contribution is -0.114. The monoisotopic (exact) mass is 496 g/mol. The number of hydrogen-bond acceptors (Lipinski definition) is 1. The molecule has 37 heavy (non-hydrogen) atoms. The maximum absolute atomic E-state index is 12.2. The minimum Gasteiger partial charge on any atom is -0.355 e. The summed E-state index contributed by atoms with van der Waals surface area (Å²) in [6.07, 6.45) is 10.1. The van der Waals surface area contributed by atoms with Gasteiger partial charge in [0.2, 0.25) is 0 Å². The van der Waals surface area contributed by atoms with Crippen molar-refractivity contribution in [2.24, 2.45) is 4.99 Å². The van der Waals surface area contributed by atoms with Gasteiger partial charge >= 0.3 is 0 Å². The molecule has 0 unspecified atom stereocenters. The van der Waals surface area contributed by atoms with Crippen LogP contribution in [0.15, 0.2) is 16.1 Å². The van der Waals surface area contributed by atoms with Crippen LogP contribution < -0.4 is 21.4 Å². The first kappa shape index (κ1) is 26.5. The molecule has 0 bridgehead atoms. The number of aromatic nitrogens is 3. The minimum atomic E-state index is -0.123. The summed E-state index contributed by atoms with van der Waals surface area (Å²) in [5.74, 6) is -0.123. The molecule has 3 aromatic rings. The standard InChI is InChI=1S/C32H40N4O/c1-10-22-17(5)21(9)33-28(22)14-26-18(6)23(11-2)29(34-26)16-30-24(12-3)19(7)27(35-30)15-31-25(13-4)20(8)32(37)36-31/h14-16,33-35H,9-13H2,1-8H3. The fraction of sp³-hybridized carbons (Fsp3) is 0.375. The lowest BCUT2D eigenvalue weighted by Gasteiger charge is -1.99. The molecule has 0 aromatic carbocycles. The number of H-pyrrole nitrogens is 3. The number of aromatic amines is 3. The Hall–Kier alpha value is -3.60. The highest BCUT2D eigenvalue weighted by molar-refractivity contribution is 6.30. The number of hydrogen-bond donors (Lipinski definition) is 3. The van der Waals surface area contributed by atoms with Gasteiger partial charge in [0.15, 0.2) is 0 Å². The normalized spacial score (nSPS) is 15.6. The molecule has 5 heteroatoms. The number of carbonyl (C=O) groups excluding carboxylic acids is 1. The summed E-state index contributed by atoms with van der Waals surface area (Å²) in [5, 5.41) is 4.23. The van der Waals surface area contributed by atoms with E-state index in [1.54, 1.807) is 0 Å². The van der Waals surface area contributed by atoms with E-state index in [-0.39, 0.29) is 5.91 Å². The van der Waals surface area contributed by atoms with Crippen molar-refractivity contribution in [3.8, 4) is 0 Å². The fourth-order valence-corrected chi connectivity index (χ4v) is 5.67. The third-order valence-corrected chi connectivity index (χ3v) is 8.00. The van der Waals surface area contributed by atoms with Crippen LogP contribution in [0.1, 0.15) is 85.8 Å². The fourth-order valence-electron chi connectivity index (χ4n) is 5.67. The van der Waals surface area contributed by atoms with Gasteiger partial charge in [0.05, 0.1) is 5.71 Å². The van der Waals surface area contributed by atoms with E-state index in [4.69, 9.17) is 0 Å². The third-order valence-electron chi connectivity index (χ3n) is 8.00. The van der Waals surface area contributed by atoms with Gasteiger partial charge in [0.1, 0.15) is 0 Å². The van der Waals surface area contributed by atoms with Crippen LogP contribution in [0, 0.1) is 20.8 Å². The van der Waals surface area contributed by atoms with Crippen molar-refractivity contribution in [2.45, 2.75) is 81.1 Å². The predicted molar refractivity (Wildman–Crippen MR) is 156 cm³/mol. The van der Waals surface area contributed by atoms with Crippen LogP contribution in [0.3, 0.4) is 0 Å². The molecule has 0 saturated carbocycles. The first-order valence-corrected chi connectivity index (χ1v) is 13.5. The highest BCUT2D eigenvalue weighted by Crippen LogP contribution is 2.22. The van der Waals surface area contributed by atoms with E-state index in [9.17, 15) is 4.79 Å². The molecule has 4 heterocycles. The molecule has 0 fully saturated rings. The highest BCUT2D eigenvalue weighted by Gasteiger charge is 2.20. The first-order chi connectivity index (χ1) is 17.6. The molecule has 1 aliphatic heterocycles. The average Bonchev–Trinajstić information content (AvgIpc) is 3.51. The number of nitrogens with zero attached hydrogens (tertiary/aromatic N) is 1. The maximum Gasteiger partial charge on any atom is 0.273 e. The molecule has 0 spiro atoms. The topological polar surface area (TPSA) is 76.8 Å². The van der Waals surface area contributed by atoms with Crippen molar-refractivity contribution in [2.75, 3.05) is 0 Å². The summed E-state index contributed by atoms with van der Waals surface area (Å²) in [5.41, 5.74) is 12.5. The van der Waals surface area contributed by atoms with Crippen molar-refractivity contribution in [3.63, 3.8) is 0 Å². The van der Waals surface area contributed by atoms with E-state index in [0.29, 0.717) is 0 Å². The Morgan fingerprint density at radius 1 is 0.676 bits per heavy atom. The Bertz CT molecular complexity index is 1680. The summed E-state index contributed by atoms with van der Waals surface area (Å²) in [4.78, 5) is 27.3. The number of amides is 1. The molecule has 0 atom stereocenters. The van der Waals surface area contributed by atoms with Crippen LogP contribution in [0.4, 0.5) is 0 Å². The van der Waals surface area contributed by atoms with Crippen LogP contribution in [-0.4, -0.2) is 26.6 Å². The van der Waals surface area contributed by atoms with Crippen molar-refractivity contribution in [1.29, 1.82) is 0 Å². The van der Waals surface area contributed by atoms with Crippen LogP contribution in [0.25, 0.3) is 24.8 Å². The van der Waals surface area contributed by atoms with E-state index < -0.39 is 0 Å². The number of rotatable bonds is 7. The SMILES string of the molecule is C=c1[nH]c(=Cc2[nH]c(C=c3[nH]c(=CC4=NC(=O)C(C)=C4CC)c(C)c3CC)c(CC)c2C)c(CC)c1C. The maximum atomic E-state index is 12.2. The predicted octanol–water partition coefficient (Wildman–Crippen LogP) is 3.84. The largest absolute Gasteiger partial charge is 0.355 e. The zero-order chi connectivity index (χ0) is 27.0. The Morgan fingerprint density at radius 2 is 1.27 bits per heavy atom. The molecule has 5 nitrogen and oxygen atoms in total. The van der Waals surface area contributed by atoms with Crippen molar-refractivity contribution in [1.82, 2.24) is 15.0 Å². The highest BCUT2D eigenvalue weighted by atomic mass is 16.1. The van der Waals surface area contributed by atoms with Gasteiger partial charge in [0, 0.05) is 38.4 Å². The Kier molecular flexibility index (Phi) is 7.44. The van der Waals surface area contributed by atoms with Gasteiger partial charge in [-0.05, 0) is 111 Å². The lowest BCUT2D eigenvalue weighted by Crippen LogP contribution is -2.14. The van der Waals surface area contributed by atoms with Crippen LogP contribution in [0.2, 0.25) is 0 Å². The first-order valence-electron chi connectivity index (χ1n) is 13.5. The number of allylic oxidation sites excluding steroid dienone is 1. The Morgan fingerprint density at radius 3 is 1.89 bits per heavy atom. The Labute approximate surface area is 219 Å². The second-order valence-electron chi connectivity index (χ2n) is 9.99. The molecule has 0 aliphatic carbocycles. The minimum absolute atomic E-state index is 0.123. The van der Waals surface area contributed by atoms with Gasteiger partial charge in [-0.25, -0.2) is 4.99 Å². The Balaban J connectivity index is 1.89. The lowest BCUT2D eigenvalue weighted by atomic mass is 10.0. The summed E-state index contributed by atoms with van der Waals surface area (Å²) < 4.78 is 0. The van der Waals surface area contributed by atoms with Crippen molar-refractivity contribution < 1.29 is 4.79 Å². The van der Waals surface area contributed by atoms with Gasteiger partial charge < -0.3 is 15.0 Å². The molecular formula is C32H40N4O. The van der Waals surface area contributed by atoms with Crippen molar-refractivity contribution >= 4 is 36.4 Å². The third kappa shape index (κ3) is 4.63. The van der Waals surface area contributed by atoms with E-state index in [2.05, 4.69) is 87.1 Å². The van der Waals surface area contributed by atoms with Gasteiger partial charge in [-0.1, -0.05) is 34.3 Å². The zero-order valence-corrected chi connectivity index (χ0v) is 23.6. The average molecular weight is 497 g/mol. The number of carbonyl (C=O) groups is 1. The molecule has 0 radical (unpaired) electrons. The van der Waals surface area contributed by atoms with Crippen molar-refractivity contribution in [3.05, 3.63) is 77.3 Å². The van der Waals surface area contributed by atoms with Gasteiger partial charge in [0.25, 0.3) is 5.91 Å². The number of aliphatic imine (C=N–C) groups is 1. The molecule has 194 valence electrons. The summed E-state index contributed by atoms with van der Waals surface area (Å²) in [6.45, 7) is 21.2. The van der Waals surface area contributed by atoms with Crippen LogP contribution in [-0.2, 0) is 24.1 Å². The molecule has 1 amide bonds. The molecule has 1 aliphatic rings. The van der Waals surface area contributed by atoms with E-state index in [1.165, 1.54) is 33.4 Å². The smallest absolute Gasteiger partial charge is 0.273 e. The molecular weight excluding hydrogens is 456 g/mol. The molecule has 0 saturated heterocycles. The van der Waals surface area contributed by atoms with Gasteiger partial charge in [-0.15, -0.1) is 0 Å². The summed E-state index contributed by atoms with van der Waals surface area (Å²) >= 11 is 0. The number of nitrogens with one attached hydrogen (secondary N) is 3. The summed E-state index contributed by atoms with van der Waals surface area (Å²) in [7, 11) is 0. The van der Waals surface area contributed by atoms with Crippen LogP contribution >= 0.6 is 0 Å². The van der Waals surface area contributed by atoms with Gasteiger partial charge in [-0.3, -0.25) is 4.79 Å².